The van der Waals surface area contributed by atoms with E-state index in [1.54, 1.807) is 6.07 Å². The number of benzene rings is 3. The normalized spacial score (nSPS) is 11.8. The molecule has 4 rings (SSSR count). The first-order valence-corrected chi connectivity index (χ1v) is 9.44. The van der Waals surface area contributed by atoms with Crippen LogP contribution in [0, 0.1) is 0 Å². The number of H-pyrrole nitrogens is 1. The van der Waals surface area contributed by atoms with Gasteiger partial charge in [0, 0.05) is 23.2 Å². The zero-order valence-corrected chi connectivity index (χ0v) is 15.7. The highest BCUT2D eigenvalue weighted by Gasteiger charge is 2.16. The summed E-state index contributed by atoms with van der Waals surface area (Å²) in [5.41, 5.74) is 4.63. The Balaban J connectivity index is 1.53. The molecule has 0 unspecified atom stereocenters. The highest BCUT2D eigenvalue weighted by molar-refractivity contribution is 6.00. The summed E-state index contributed by atoms with van der Waals surface area (Å²) >= 11 is 0. The summed E-state index contributed by atoms with van der Waals surface area (Å²) < 4.78 is 0. The molecule has 4 aromatic rings. The molecule has 0 aliphatic heterocycles. The Labute approximate surface area is 169 Å². The van der Waals surface area contributed by atoms with Crippen molar-refractivity contribution in [3.8, 4) is 22.5 Å². The van der Waals surface area contributed by atoms with Gasteiger partial charge in [-0.05, 0) is 17.7 Å². The maximum Gasteiger partial charge on any atom is 0.252 e. The summed E-state index contributed by atoms with van der Waals surface area (Å²) in [5.74, 6) is -0.244. The number of carbonyl (C=O) groups excluding carboxylic acids is 1. The maximum absolute atomic E-state index is 12.8. The third kappa shape index (κ3) is 4.25. The topological polar surface area (TPSA) is 78.0 Å². The van der Waals surface area contributed by atoms with Crippen LogP contribution in [0.5, 0.6) is 0 Å². The molecule has 0 spiro atoms. The first-order chi connectivity index (χ1) is 14.2. The molecule has 3 N–H and O–H groups in total. The SMILES string of the molecule is O=C(NC[C@@H](O)c1ccccc1)c1ccccc1-c1cc(-c2ccccc2)n[nH]1. The van der Waals surface area contributed by atoms with Crippen LogP contribution in [0.2, 0.25) is 0 Å². The third-order valence-electron chi connectivity index (χ3n) is 4.75. The Bertz CT molecular complexity index is 1090. The van der Waals surface area contributed by atoms with Crippen LogP contribution in [-0.4, -0.2) is 27.8 Å². The molecule has 1 amide bonds. The van der Waals surface area contributed by atoms with E-state index in [0.29, 0.717) is 5.56 Å². The fourth-order valence-electron chi connectivity index (χ4n) is 3.21. The van der Waals surface area contributed by atoms with Crippen LogP contribution in [-0.2, 0) is 0 Å². The van der Waals surface area contributed by atoms with Gasteiger partial charge in [-0.25, -0.2) is 0 Å². The molecule has 1 heterocycles. The van der Waals surface area contributed by atoms with E-state index in [-0.39, 0.29) is 12.5 Å². The molecule has 5 heteroatoms. The van der Waals surface area contributed by atoms with Crippen LogP contribution in [0.3, 0.4) is 0 Å². The Morgan fingerprint density at radius 1 is 0.931 bits per heavy atom. The lowest BCUT2D eigenvalue weighted by atomic mass is 10.0. The van der Waals surface area contributed by atoms with Crippen molar-refractivity contribution in [2.45, 2.75) is 6.10 Å². The van der Waals surface area contributed by atoms with Gasteiger partial charge >= 0.3 is 0 Å². The molecule has 0 bridgehead atoms. The van der Waals surface area contributed by atoms with Gasteiger partial charge < -0.3 is 10.4 Å². The molecular weight excluding hydrogens is 362 g/mol. The van der Waals surface area contributed by atoms with E-state index in [2.05, 4.69) is 15.5 Å². The second kappa shape index (κ2) is 8.54. The minimum absolute atomic E-state index is 0.134. The minimum Gasteiger partial charge on any atom is -0.387 e. The first-order valence-electron chi connectivity index (χ1n) is 9.44. The van der Waals surface area contributed by atoms with E-state index in [4.69, 9.17) is 0 Å². The Morgan fingerprint density at radius 2 is 1.59 bits per heavy atom. The second-order valence-electron chi connectivity index (χ2n) is 6.71. The van der Waals surface area contributed by atoms with Crippen molar-refractivity contribution in [2.75, 3.05) is 6.54 Å². The number of nitrogens with zero attached hydrogens (tertiary/aromatic N) is 1. The summed E-state index contributed by atoms with van der Waals surface area (Å²) in [4.78, 5) is 12.8. The van der Waals surface area contributed by atoms with Crippen molar-refractivity contribution in [2.24, 2.45) is 0 Å². The van der Waals surface area contributed by atoms with Crippen molar-refractivity contribution in [1.82, 2.24) is 15.5 Å². The number of aromatic amines is 1. The van der Waals surface area contributed by atoms with Gasteiger partial charge in [0.1, 0.15) is 0 Å². The zero-order chi connectivity index (χ0) is 20.1. The maximum atomic E-state index is 12.8. The van der Waals surface area contributed by atoms with Crippen LogP contribution in [0.15, 0.2) is 91.0 Å². The number of nitrogens with one attached hydrogen (secondary N) is 2. The average molecular weight is 383 g/mol. The monoisotopic (exact) mass is 383 g/mol. The molecule has 3 aromatic carbocycles. The summed E-state index contributed by atoms with van der Waals surface area (Å²) in [6.45, 7) is 0.134. The van der Waals surface area contributed by atoms with Crippen LogP contribution < -0.4 is 5.32 Å². The van der Waals surface area contributed by atoms with E-state index in [1.807, 2.05) is 84.9 Å². The molecule has 0 saturated heterocycles. The summed E-state index contributed by atoms with van der Waals surface area (Å²) in [6.07, 6.45) is -0.760. The first kappa shape index (κ1) is 18.7. The molecule has 5 nitrogen and oxygen atoms in total. The fourth-order valence-corrected chi connectivity index (χ4v) is 3.21. The van der Waals surface area contributed by atoms with Gasteiger partial charge in [-0.2, -0.15) is 5.10 Å². The number of hydrogen-bond acceptors (Lipinski definition) is 3. The van der Waals surface area contributed by atoms with Gasteiger partial charge in [-0.15, -0.1) is 0 Å². The molecule has 1 aromatic heterocycles. The highest BCUT2D eigenvalue weighted by atomic mass is 16.3. The molecule has 0 fully saturated rings. The van der Waals surface area contributed by atoms with E-state index < -0.39 is 6.10 Å². The van der Waals surface area contributed by atoms with E-state index in [0.717, 1.165) is 28.1 Å². The van der Waals surface area contributed by atoms with Crippen molar-refractivity contribution in [3.05, 3.63) is 102 Å². The molecule has 1 atom stereocenters. The molecule has 0 aliphatic carbocycles. The molecular formula is C24H21N3O2. The summed E-state index contributed by atoms with van der Waals surface area (Å²) in [5, 5.41) is 20.5. The third-order valence-corrected chi connectivity index (χ3v) is 4.75. The predicted molar refractivity (Wildman–Crippen MR) is 113 cm³/mol. The lowest BCUT2D eigenvalue weighted by Gasteiger charge is -2.13. The van der Waals surface area contributed by atoms with Gasteiger partial charge in [0.05, 0.1) is 17.5 Å². The van der Waals surface area contributed by atoms with Crippen molar-refractivity contribution >= 4 is 5.91 Å². The van der Waals surface area contributed by atoms with Gasteiger partial charge in [-0.1, -0.05) is 78.9 Å². The average Bonchev–Trinajstić information content (AvgIpc) is 3.28. The van der Waals surface area contributed by atoms with Crippen molar-refractivity contribution in [1.29, 1.82) is 0 Å². The Kier molecular flexibility index (Phi) is 5.49. The summed E-state index contributed by atoms with van der Waals surface area (Å²) in [6, 6.07) is 28.4. The number of aliphatic hydroxyl groups excluding tert-OH is 1. The molecule has 29 heavy (non-hydrogen) atoms. The lowest BCUT2D eigenvalue weighted by molar-refractivity contribution is 0.0917. The van der Waals surface area contributed by atoms with E-state index in [9.17, 15) is 9.90 Å². The Hall–Kier alpha value is -3.70. The molecule has 0 radical (unpaired) electrons. The highest BCUT2D eigenvalue weighted by Crippen LogP contribution is 2.26. The number of carbonyl (C=O) groups is 1. The van der Waals surface area contributed by atoms with Gasteiger partial charge in [-0.3, -0.25) is 9.89 Å². The zero-order valence-electron chi connectivity index (χ0n) is 15.7. The smallest absolute Gasteiger partial charge is 0.252 e. The number of amides is 1. The van der Waals surface area contributed by atoms with E-state index in [1.165, 1.54) is 0 Å². The van der Waals surface area contributed by atoms with Crippen LogP contribution in [0.1, 0.15) is 22.0 Å². The predicted octanol–water partition coefficient (Wildman–Crippen LogP) is 4.21. The second-order valence-corrected chi connectivity index (χ2v) is 6.71. The molecule has 0 saturated carbocycles. The van der Waals surface area contributed by atoms with E-state index >= 15 is 0 Å². The van der Waals surface area contributed by atoms with Gasteiger partial charge in [0.25, 0.3) is 5.91 Å². The number of aromatic nitrogens is 2. The largest absolute Gasteiger partial charge is 0.387 e. The molecule has 0 aliphatic rings. The van der Waals surface area contributed by atoms with Gasteiger partial charge in [0.15, 0.2) is 0 Å². The lowest BCUT2D eigenvalue weighted by Crippen LogP contribution is -2.28. The quantitative estimate of drug-likeness (QED) is 0.467. The fraction of sp³-hybridized carbons (Fsp3) is 0.0833. The van der Waals surface area contributed by atoms with Crippen molar-refractivity contribution in [3.63, 3.8) is 0 Å². The number of rotatable bonds is 6. The number of hydrogen-bond donors (Lipinski definition) is 3. The standard InChI is InChI=1S/C24H21N3O2/c28-23(18-11-5-2-6-12-18)16-25-24(29)20-14-8-7-13-19(20)22-15-21(26-27-22)17-9-3-1-4-10-17/h1-15,23,28H,16H2,(H,25,29)(H,26,27)/t23-/m1/s1. The van der Waals surface area contributed by atoms with Crippen LogP contribution in [0.4, 0.5) is 0 Å². The summed E-state index contributed by atoms with van der Waals surface area (Å²) in [7, 11) is 0. The van der Waals surface area contributed by atoms with Crippen LogP contribution >= 0.6 is 0 Å². The van der Waals surface area contributed by atoms with Gasteiger partial charge in [0.2, 0.25) is 0 Å². The Morgan fingerprint density at radius 3 is 2.34 bits per heavy atom. The number of aliphatic hydroxyl groups is 1. The van der Waals surface area contributed by atoms with Crippen LogP contribution in [0.25, 0.3) is 22.5 Å². The van der Waals surface area contributed by atoms with Crippen molar-refractivity contribution < 1.29 is 9.90 Å². The molecule has 144 valence electrons. The minimum atomic E-state index is -0.760.